The van der Waals surface area contributed by atoms with Gasteiger partial charge in [0.15, 0.2) is 11.3 Å². The van der Waals surface area contributed by atoms with Crippen molar-refractivity contribution in [3.8, 4) is 0 Å². The van der Waals surface area contributed by atoms with Crippen molar-refractivity contribution < 1.29 is 4.92 Å². The molecule has 3 heterocycles. The first kappa shape index (κ1) is 11.5. The van der Waals surface area contributed by atoms with Gasteiger partial charge in [-0.1, -0.05) is 0 Å². The van der Waals surface area contributed by atoms with Crippen LogP contribution in [0.25, 0.3) is 16.7 Å². The third kappa shape index (κ3) is 1.63. The molecule has 9 nitrogen and oxygen atoms in total. The highest BCUT2D eigenvalue weighted by Crippen LogP contribution is 2.23. The van der Waals surface area contributed by atoms with E-state index in [0.29, 0.717) is 18.7 Å². The smallest absolute Gasteiger partial charge is 0.290 e. The summed E-state index contributed by atoms with van der Waals surface area (Å²) < 4.78 is 1.55. The molecule has 98 valence electrons. The number of aromatic amines is 1. The molecule has 0 atom stereocenters. The predicted octanol–water partition coefficient (Wildman–Crippen LogP) is -0.489. The highest BCUT2D eigenvalue weighted by molar-refractivity contribution is 5.85. The van der Waals surface area contributed by atoms with Crippen LogP contribution >= 0.6 is 0 Å². The molecule has 3 rings (SSSR count). The van der Waals surface area contributed by atoms with Crippen LogP contribution in [0.4, 0.5) is 0 Å². The van der Waals surface area contributed by atoms with Crippen LogP contribution in [0.5, 0.6) is 0 Å². The Labute approximate surface area is 106 Å². The molecule has 0 spiro atoms. The lowest BCUT2D eigenvalue weighted by Gasteiger charge is -2.27. The molecule has 1 fully saturated rings. The van der Waals surface area contributed by atoms with E-state index in [1.807, 2.05) is 0 Å². The summed E-state index contributed by atoms with van der Waals surface area (Å²) in [6.45, 7) is 4.74. The molecule has 1 aliphatic heterocycles. The molecule has 0 amide bonds. The van der Waals surface area contributed by atoms with Crippen LogP contribution in [0.1, 0.15) is 11.7 Å². The van der Waals surface area contributed by atoms with Crippen molar-refractivity contribution in [1.29, 1.82) is 0 Å². The molecule has 0 unspecified atom stereocenters. The summed E-state index contributed by atoms with van der Waals surface area (Å²) in [7, 11) is 0. The number of fused-ring (bicyclic) bond motifs is 1. The van der Waals surface area contributed by atoms with Crippen molar-refractivity contribution >= 4 is 16.7 Å². The number of H-pyrrole nitrogens is 1. The molecule has 1 saturated heterocycles. The van der Waals surface area contributed by atoms with Crippen LogP contribution in [0.15, 0.2) is 17.7 Å². The van der Waals surface area contributed by atoms with Crippen LogP contribution in [-0.4, -0.2) is 37.8 Å². The van der Waals surface area contributed by atoms with Gasteiger partial charge < -0.3 is 10.3 Å². The maximum atomic E-state index is 11.8. The van der Waals surface area contributed by atoms with Gasteiger partial charge in [-0.05, 0) is 6.58 Å². The largest absolute Gasteiger partial charge is 0.312 e. The predicted molar refractivity (Wildman–Crippen MR) is 66.1 cm³/mol. The molecule has 19 heavy (non-hydrogen) atoms. The first-order valence-electron chi connectivity index (χ1n) is 5.60. The fraction of sp³-hybridized carbons (Fsp3) is 0.300. The van der Waals surface area contributed by atoms with Crippen molar-refractivity contribution in [3.05, 3.63) is 39.1 Å². The minimum absolute atomic E-state index is 0.0266. The zero-order valence-electron chi connectivity index (χ0n) is 9.79. The second-order valence-corrected chi connectivity index (χ2v) is 4.24. The van der Waals surface area contributed by atoms with Gasteiger partial charge in [0.2, 0.25) is 0 Å². The van der Waals surface area contributed by atoms with Gasteiger partial charge in [0.05, 0.1) is 17.3 Å². The molecule has 9 heteroatoms. The average molecular weight is 262 g/mol. The van der Waals surface area contributed by atoms with Crippen LogP contribution < -0.4 is 10.9 Å². The molecule has 0 aliphatic carbocycles. The summed E-state index contributed by atoms with van der Waals surface area (Å²) in [4.78, 5) is 28.5. The third-order valence-corrected chi connectivity index (χ3v) is 3.09. The van der Waals surface area contributed by atoms with Gasteiger partial charge in [0.1, 0.15) is 5.39 Å². The molecule has 2 aromatic heterocycles. The van der Waals surface area contributed by atoms with E-state index in [4.69, 9.17) is 0 Å². The molecular formula is C10H10N6O3. The van der Waals surface area contributed by atoms with E-state index in [1.54, 1.807) is 4.68 Å². The number of nitro groups is 1. The molecule has 0 bridgehead atoms. The van der Waals surface area contributed by atoms with E-state index in [0.717, 1.165) is 0 Å². The Morgan fingerprint density at radius 3 is 2.89 bits per heavy atom. The maximum Gasteiger partial charge on any atom is 0.290 e. The van der Waals surface area contributed by atoms with Crippen LogP contribution in [0.2, 0.25) is 0 Å². The Morgan fingerprint density at radius 2 is 2.32 bits per heavy atom. The van der Waals surface area contributed by atoms with E-state index < -0.39 is 16.2 Å². The number of hydrogen-bond donors (Lipinski definition) is 2. The van der Waals surface area contributed by atoms with Crippen molar-refractivity contribution in [2.45, 2.75) is 6.04 Å². The number of aromatic nitrogens is 4. The molecule has 0 saturated carbocycles. The standard InChI is InChI=1S/C10H10N6O3/c1-5(16(18)19)8-7-9(12-4-13-10(7)17)15(14-8)6-2-11-3-6/h4,6,11H,1-3H2,(H,12,13,17). The molecule has 0 radical (unpaired) electrons. The van der Waals surface area contributed by atoms with Crippen LogP contribution in [0.3, 0.4) is 0 Å². The van der Waals surface area contributed by atoms with E-state index in [2.05, 4.69) is 27.0 Å². The minimum Gasteiger partial charge on any atom is -0.312 e. The van der Waals surface area contributed by atoms with Crippen molar-refractivity contribution in [1.82, 2.24) is 25.1 Å². The van der Waals surface area contributed by atoms with Crippen molar-refractivity contribution in [2.75, 3.05) is 13.1 Å². The van der Waals surface area contributed by atoms with Gasteiger partial charge >= 0.3 is 0 Å². The first-order chi connectivity index (χ1) is 9.09. The fourth-order valence-corrected chi connectivity index (χ4v) is 1.97. The van der Waals surface area contributed by atoms with Crippen molar-refractivity contribution in [2.24, 2.45) is 0 Å². The van der Waals surface area contributed by atoms with Gasteiger partial charge in [-0.25, -0.2) is 9.67 Å². The number of rotatable bonds is 3. The monoisotopic (exact) mass is 262 g/mol. The molecule has 0 aromatic carbocycles. The Bertz CT molecular complexity index is 741. The third-order valence-electron chi connectivity index (χ3n) is 3.09. The van der Waals surface area contributed by atoms with Gasteiger partial charge in [-0.3, -0.25) is 14.9 Å². The topological polar surface area (TPSA) is 119 Å². The first-order valence-corrected chi connectivity index (χ1v) is 5.60. The summed E-state index contributed by atoms with van der Waals surface area (Å²) in [5.41, 5.74) is -0.550. The normalized spacial score (nSPS) is 15.4. The maximum absolute atomic E-state index is 11.8. The molecule has 2 N–H and O–H groups in total. The van der Waals surface area contributed by atoms with E-state index >= 15 is 0 Å². The number of nitrogens with one attached hydrogen (secondary N) is 2. The van der Waals surface area contributed by atoms with Crippen LogP contribution in [-0.2, 0) is 0 Å². The fourth-order valence-electron chi connectivity index (χ4n) is 1.97. The van der Waals surface area contributed by atoms with Crippen LogP contribution in [0, 0.1) is 10.1 Å². The molecule has 2 aromatic rings. The zero-order valence-corrected chi connectivity index (χ0v) is 9.79. The summed E-state index contributed by atoms with van der Waals surface area (Å²) in [6, 6.07) is 0.0464. The van der Waals surface area contributed by atoms with Gasteiger partial charge in [-0.15, -0.1) is 0 Å². The number of hydrogen-bond acceptors (Lipinski definition) is 6. The van der Waals surface area contributed by atoms with E-state index in [-0.39, 0.29) is 17.1 Å². The highest BCUT2D eigenvalue weighted by Gasteiger charge is 2.29. The zero-order chi connectivity index (χ0) is 13.6. The lowest BCUT2D eigenvalue weighted by atomic mass is 10.2. The summed E-state index contributed by atoms with van der Waals surface area (Å²) >= 11 is 0. The van der Waals surface area contributed by atoms with E-state index in [9.17, 15) is 14.9 Å². The number of nitrogens with zero attached hydrogens (tertiary/aromatic N) is 4. The van der Waals surface area contributed by atoms with E-state index in [1.165, 1.54) is 6.33 Å². The lowest BCUT2D eigenvalue weighted by molar-refractivity contribution is -0.375. The Morgan fingerprint density at radius 1 is 1.58 bits per heavy atom. The molecule has 1 aliphatic rings. The van der Waals surface area contributed by atoms with Gasteiger partial charge in [-0.2, -0.15) is 5.10 Å². The second kappa shape index (κ2) is 3.99. The Kier molecular flexibility index (Phi) is 2.42. The second-order valence-electron chi connectivity index (χ2n) is 4.24. The Balaban J connectivity index is 2.29. The highest BCUT2D eigenvalue weighted by atomic mass is 16.6. The summed E-state index contributed by atoms with van der Waals surface area (Å²) in [5, 5.41) is 18.2. The summed E-state index contributed by atoms with van der Waals surface area (Å²) in [5.74, 6) is 0. The van der Waals surface area contributed by atoms with Gasteiger partial charge in [0.25, 0.3) is 11.3 Å². The Hall–Kier alpha value is -2.55. The minimum atomic E-state index is -0.655. The van der Waals surface area contributed by atoms with Gasteiger partial charge in [0, 0.05) is 13.1 Å². The molecular weight excluding hydrogens is 252 g/mol. The SMILES string of the molecule is C=C(c1nn(C2CNC2)c2nc[nH]c(=O)c12)[N+](=O)[O-]. The quantitative estimate of drug-likeness (QED) is 0.569. The lowest BCUT2D eigenvalue weighted by Crippen LogP contribution is -2.43. The summed E-state index contributed by atoms with van der Waals surface area (Å²) in [6.07, 6.45) is 1.26. The van der Waals surface area contributed by atoms with Crippen molar-refractivity contribution in [3.63, 3.8) is 0 Å². The average Bonchev–Trinajstić information content (AvgIpc) is 2.67.